The average molecular weight is 1020 g/mol. The molecule has 6 heteroatoms. The Bertz CT molecular complexity index is 1600. The van der Waals surface area contributed by atoms with Crippen LogP contribution in [0.25, 0.3) is 0 Å². The second-order valence-corrected chi connectivity index (χ2v) is 19.5. The third kappa shape index (κ3) is 58.4. The minimum atomic E-state index is -0.800. The number of carbonyl (C=O) groups excluding carboxylic acids is 3. The van der Waals surface area contributed by atoms with Gasteiger partial charge in [0, 0.05) is 19.3 Å². The first-order valence-corrected chi connectivity index (χ1v) is 30.2. The molecule has 0 aliphatic heterocycles. The highest BCUT2D eigenvalue weighted by Crippen LogP contribution is 2.15. The fraction of sp³-hybridized carbons (Fsp3) is 0.632. The van der Waals surface area contributed by atoms with E-state index in [2.05, 4.69) is 154 Å². The number of carbonyl (C=O) groups is 3. The monoisotopic (exact) mass is 1020 g/mol. The molecule has 0 aromatic carbocycles. The van der Waals surface area contributed by atoms with E-state index in [1.165, 1.54) is 64.2 Å². The summed E-state index contributed by atoms with van der Waals surface area (Å²) in [5, 5.41) is 0. The Morgan fingerprint density at radius 1 is 0.284 bits per heavy atom. The van der Waals surface area contributed by atoms with Crippen LogP contribution in [0.5, 0.6) is 0 Å². The molecule has 6 nitrogen and oxygen atoms in total. The van der Waals surface area contributed by atoms with Crippen LogP contribution in [0, 0.1) is 0 Å². The van der Waals surface area contributed by atoms with Crippen LogP contribution in [0.1, 0.15) is 258 Å². The van der Waals surface area contributed by atoms with Crippen LogP contribution in [-0.2, 0) is 28.6 Å². The van der Waals surface area contributed by atoms with Gasteiger partial charge in [0.15, 0.2) is 6.10 Å². The SMILES string of the molecule is CC/C=C\C/C=C\C/C=C\C/C=C\C/C=C\C/C=C\CCCCCCC(=O)OCC(COC(=O)CCCCCCC/C=C\CCC)OC(=O)CCCCCCCCCCCC/C=C\C/C=C\C/C=C\C/C=C\CC. The standard InChI is InChI=1S/C68H110O6/c1-4-7-10-13-16-19-22-24-26-28-30-32-34-36-38-40-42-44-46-49-52-55-58-61-67(70)73-64-65(63-72-66(69)60-57-54-51-48-21-18-15-12-9-6-3)74-68(71)62-59-56-53-50-47-45-43-41-39-37-35-33-31-29-27-25-23-20-17-14-11-8-5-2/h7-8,10-12,15-17,19-20,24-27,30-33,36,38,42,44,65H,4-6,9,13-14,18,21-23,28-29,34-35,37,39-41,43,45-64H2,1-3H3/b10-7-,11-8-,15-12-,19-16-,20-17-,26-24-,27-25-,32-30-,33-31-,38-36-,44-42-. The van der Waals surface area contributed by atoms with Crippen LogP contribution in [0.2, 0.25) is 0 Å². The summed E-state index contributed by atoms with van der Waals surface area (Å²) in [5.41, 5.74) is 0. The van der Waals surface area contributed by atoms with Gasteiger partial charge >= 0.3 is 17.9 Å². The molecule has 0 rings (SSSR count). The molecule has 0 N–H and O–H groups in total. The second kappa shape index (κ2) is 61.1. The van der Waals surface area contributed by atoms with Crippen molar-refractivity contribution < 1.29 is 28.6 Å². The fourth-order valence-corrected chi connectivity index (χ4v) is 7.91. The summed E-state index contributed by atoms with van der Waals surface area (Å²) in [7, 11) is 0. The predicted molar refractivity (Wildman–Crippen MR) is 320 cm³/mol. The summed E-state index contributed by atoms with van der Waals surface area (Å²) < 4.78 is 16.8. The van der Waals surface area contributed by atoms with Gasteiger partial charge in [-0.05, 0) is 128 Å². The molecular weight excluding hydrogens is 913 g/mol. The minimum Gasteiger partial charge on any atom is -0.462 e. The van der Waals surface area contributed by atoms with E-state index in [1.54, 1.807) is 0 Å². The maximum atomic E-state index is 12.9. The fourth-order valence-electron chi connectivity index (χ4n) is 7.91. The van der Waals surface area contributed by atoms with Gasteiger partial charge in [0.25, 0.3) is 0 Å². The highest BCUT2D eigenvalue weighted by Gasteiger charge is 2.19. The molecule has 0 aliphatic carbocycles. The van der Waals surface area contributed by atoms with Gasteiger partial charge < -0.3 is 14.2 Å². The largest absolute Gasteiger partial charge is 0.462 e. The molecule has 0 aliphatic rings. The number of unbranched alkanes of at least 4 members (excludes halogenated alkanes) is 20. The van der Waals surface area contributed by atoms with Gasteiger partial charge in [-0.15, -0.1) is 0 Å². The molecule has 0 saturated heterocycles. The van der Waals surface area contributed by atoms with E-state index in [0.717, 1.165) is 154 Å². The first kappa shape index (κ1) is 69.5. The van der Waals surface area contributed by atoms with Crippen LogP contribution in [0.15, 0.2) is 134 Å². The van der Waals surface area contributed by atoms with Crippen LogP contribution in [0.4, 0.5) is 0 Å². The zero-order chi connectivity index (χ0) is 53.6. The summed E-state index contributed by atoms with van der Waals surface area (Å²) in [6, 6.07) is 0. The summed E-state index contributed by atoms with van der Waals surface area (Å²) in [6.45, 7) is 6.32. The number of esters is 3. The van der Waals surface area contributed by atoms with Crippen LogP contribution in [-0.4, -0.2) is 37.2 Å². The van der Waals surface area contributed by atoms with Crippen molar-refractivity contribution in [2.75, 3.05) is 13.2 Å². The molecule has 0 spiro atoms. The van der Waals surface area contributed by atoms with Crippen molar-refractivity contribution >= 4 is 17.9 Å². The lowest BCUT2D eigenvalue weighted by Crippen LogP contribution is -2.30. The molecule has 0 aromatic rings. The van der Waals surface area contributed by atoms with Crippen LogP contribution < -0.4 is 0 Å². The molecule has 0 bridgehead atoms. The third-order valence-electron chi connectivity index (χ3n) is 12.4. The molecule has 0 saturated carbocycles. The third-order valence-corrected chi connectivity index (χ3v) is 12.4. The van der Waals surface area contributed by atoms with Gasteiger partial charge in [-0.1, -0.05) is 244 Å². The Labute approximate surface area is 455 Å². The maximum Gasteiger partial charge on any atom is 0.306 e. The van der Waals surface area contributed by atoms with Gasteiger partial charge in [0.1, 0.15) is 13.2 Å². The van der Waals surface area contributed by atoms with Crippen molar-refractivity contribution in [2.45, 2.75) is 264 Å². The molecule has 1 unspecified atom stereocenters. The van der Waals surface area contributed by atoms with Crippen molar-refractivity contribution in [1.82, 2.24) is 0 Å². The number of rotatable bonds is 53. The average Bonchev–Trinajstić information content (AvgIpc) is 3.40. The lowest BCUT2D eigenvalue weighted by atomic mass is 10.0. The number of hydrogen-bond acceptors (Lipinski definition) is 6. The minimum absolute atomic E-state index is 0.0963. The zero-order valence-corrected chi connectivity index (χ0v) is 47.8. The smallest absolute Gasteiger partial charge is 0.306 e. The van der Waals surface area contributed by atoms with E-state index >= 15 is 0 Å². The molecular formula is C68H110O6. The van der Waals surface area contributed by atoms with Crippen molar-refractivity contribution in [1.29, 1.82) is 0 Å². The van der Waals surface area contributed by atoms with Crippen LogP contribution in [0.3, 0.4) is 0 Å². The van der Waals surface area contributed by atoms with Crippen molar-refractivity contribution in [3.63, 3.8) is 0 Å². The lowest BCUT2D eigenvalue weighted by molar-refractivity contribution is -0.167. The summed E-state index contributed by atoms with van der Waals surface area (Å²) >= 11 is 0. The Hall–Kier alpha value is -4.45. The van der Waals surface area contributed by atoms with Gasteiger partial charge in [0.2, 0.25) is 0 Å². The van der Waals surface area contributed by atoms with E-state index in [-0.39, 0.29) is 31.1 Å². The molecule has 0 radical (unpaired) electrons. The Morgan fingerprint density at radius 2 is 0.527 bits per heavy atom. The van der Waals surface area contributed by atoms with Gasteiger partial charge in [-0.2, -0.15) is 0 Å². The molecule has 1 atom stereocenters. The van der Waals surface area contributed by atoms with Gasteiger partial charge in [-0.3, -0.25) is 14.4 Å². The molecule has 0 fully saturated rings. The molecule has 74 heavy (non-hydrogen) atoms. The molecule has 0 heterocycles. The Balaban J connectivity index is 4.37. The zero-order valence-electron chi connectivity index (χ0n) is 47.8. The predicted octanol–water partition coefficient (Wildman–Crippen LogP) is 20.6. The van der Waals surface area contributed by atoms with Gasteiger partial charge in [-0.25, -0.2) is 0 Å². The van der Waals surface area contributed by atoms with E-state index in [9.17, 15) is 14.4 Å². The number of hydrogen-bond donors (Lipinski definition) is 0. The topological polar surface area (TPSA) is 78.9 Å². The molecule has 418 valence electrons. The van der Waals surface area contributed by atoms with E-state index in [0.29, 0.717) is 19.3 Å². The van der Waals surface area contributed by atoms with Crippen LogP contribution >= 0.6 is 0 Å². The quantitative estimate of drug-likeness (QED) is 0.0261. The van der Waals surface area contributed by atoms with E-state index in [4.69, 9.17) is 14.2 Å². The van der Waals surface area contributed by atoms with E-state index < -0.39 is 6.10 Å². The van der Waals surface area contributed by atoms with Gasteiger partial charge in [0.05, 0.1) is 0 Å². The number of allylic oxidation sites excluding steroid dienone is 22. The lowest BCUT2D eigenvalue weighted by Gasteiger charge is -2.18. The second-order valence-electron chi connectivity index (χ2n) is 19.5. The molecule has 0 aromatic heterocycles. The highest BCUT2D eigenvalue weighted by atomic mass is 16.6. The summed E-state index contributed by atoms with van der Waals surface area (Å²) in [5.74, 6) is -0.938. The maximum absolute atomic E-state index is 12.9. The molecule has 0 amide bonds. The summed E-state index contributed by atoms with van der Waals surface area (Å²) in [4.78, 5) is 38.2. The Kier molecular flexibility index (Phi) is 57.4. The van der Waals surface area contributed by atoms with Crippen molar-refractivity contribution in [2.24, 2.45) is 0 Å². The normalized spacial score (nSPS) is 13.1. The van der Waals surface area contributed by atoms with Crippen molar-refractivity contribution in [3.8, 4) is 0 Å². The first-order chi connectivity index (χ1) is 36.5. The summed E-state index contributed by atoms with van der Waals surface area (Å²) in [6.07, 6.45) is 85.9. The van der Waals surface area contributed by atoms with E-state index in [1.807, 2.05) is 0 Å². The highest BCUT2D eigenvalue weighted by molar-refractivity contribution is 5.71. The first-order valence-electron chi connectivity index (χ1n) is 30.2. The van der Waals surface area contributed by atoms with Crippen molar-refractivity contribution in [3.05, 3.63) is 134 Å². The number of ether oxygens (including phenoxy) is 3. The Morgan fingerprint density at radius 3 is 0.838 bits per heavy atom.